The molecule has 2 N–H and O–H groups in total. The number of carbonyl (C=O) groups is 1. The first-order chi connectivity index (χ1) is 10.3. The van der Waals surface area contributed by atoms with Crippen molar-refractivity contribution in [2.75, 3.05) is 0 Å². The first kappa shape index (κ1) is 15.9. The van der Waals surface area contributed by atoms with Crippen LogP contribution in [0, 0.1) is 0 Å². The minimum atomic E-state index is -4.74. The third kappa shape index (κ3) is 4.51. The maximum absolute atomic E-state index is 12.1. The largest absolute Gasteiger partial charge is 0.573 e. The van der Waals surface area contributed by atoms with E-state index < -0.39 is 18.2 Å². The predicted octanol–water partition coefficient (Wildman–Crippen LogP) is 3.40. The van der Waals surface area contributed by atoms with Crippen molar-refractivity contribution in [3.05, 3.63) is 65.7 Å². The number of hydrogen-bond donors (Lipinski definition) is 1. The molecule has 3 nitrogen and oxygen atoms in total. The van der Waals surface area contributed by atoms with Crippen LogP contribution in [0.1, 0.15) is 17.0 Å². The second-order valence-corrected chi connectivity index (χ2v) is 4.76. The lowest BCUT2D eigenvalue weighted by Crippen LogP contribution is -2.23. The van der Waals surface area contributed by atoms with Gasteiger partial charge in [-0.3, -0.25) is 4.79 Å². The lowest BCUT2D eigenvalue weighted by atomic mass is 9.91. The Balaban J connectivity index is 2.17. The number of benzene rings is 2. The van der Waals surface area contributed by atoms with Gasteiger partial charge in [-0.2, -0.15) is 0 Å². The first-order valence-electron chi connectivity index (χ1n) is 6.54. The summed E-state index contributed by atoms with van der Waals surface area (Å²) in [6, 6.07) is 14.4. The number of rotatable bonds is 5. The summed E-state index contributed by atoms with van der Waals surface area (Å²) < 4.78 is 40.2. The molecule has 0 fully saturated rings. The van der Waals surface area contributed by atoms with Gasteiger partial charge in [-0.15, -0.1) is 13.2 Å². The highest BCUT2D eigenvalue weighted by Crippen LogP contribution is 2.26. The van der Waals surface area contributed by atoms with E-state index in [9.17, 15) is 18.0 Å². The molecular formula is C16H14F3NO2. The van der Waals surface area contributed by atoms with E-state index in [4.69, 9.17) is 5.73 Å². The van der Waals surface area contributed by atoms with Crippen LogP contribution < -0.4 is 10.5 Å². The van der Waals surface area contributed by atoms with Gasteiger partial charge in [-0.05, 0) is 29.7 Å². The summed E-state index contributed by atoms with van der Waals surface area (Å²) in [4.78, 5) is 11.6. The van der Waals surface area contributed by atoms with E-state index in [0.717, 1.165) is 5.56 Å². The molecule has 1 unspecified atom stereocenters. The summed E-state index contributed by atoms with van der Waals surface area (Å²) in [7, 11) is 0. The van der Waals surface area contributed by atoms with Gasteiger partial charge >= 0.3 is 6.36 Å². The topological polar surface area (TPSA) is 52.3 Å². The van der Waals surface area contributed by atoms with Crippen LogP contribution in [-0.4, -0.2) is 12.3 Å². The van der Waals surface area contributed by atoms with Crippen molar-refractivity contribution < 1.29 is 22.7 Å². The van der Waals surface area contributed by atoms with E-state index >= 15 is 0 Å². The number of alkyl halides is 3. The minimum Gasteiger partial charge on any atom is -0.406 e. The number of ether oxygens (including phenoxy) is 1. The van der Waals surface area contributed by atoms with Gasteiger partial charge in [-0.1, -0.05) is 42.5 Å². The fraction of sp³-hybridized carbons (Fsp3) is 0.188. The zero-order valence-electron chi connectivity index (χ0n) is 11.5. The normalized spacial score (nSPS) is 12.7. The Morgan fingerprint density at radius 3 is 2.14 bits per heavy atom. The Bertz CT molecular complexity index is 624. The van der Waals surface area contributed by atoms with Crippen LogP contribution in [-0.2, 0) is 11.2 Å². The van der Waals surface area contributed by atoms with Gasteiger partial charge in [0.15, 0.2) is 0 Å². The van der Waals surface area contributed by atoms with E-state index in [1.165, 1.54) is 24.3 Å². The molecular weight excluding hydrogens is 295 g/mol. The summed E-state index contributed by atoms with van der Waals surface area (Å²) in [5, 5.41) is 0. The molecule has 0 aliphatic heterocycles. The molecule has 0 spiro atoms. The van der Waals surface area contributed by atoms with Crippen LogP contribution in [0.25, 0.3) is 0 Å². The molecule has 0 heterocycles. The number of amides is 1. The highest BCUT2D eigenvalue weighted by molar-refractivity contribution is 5.82. The molecule has 2 rings (SSSR count). The fourth-order valence-electron chi connectivity index (χ4n) is 2.13. The van der Waals surface area contributed by atoms with Crippen LogP contribution in [0.3, 0.4) is 0 Å². The molecule has 0 saturated carbocycles. The summed E-state index contributed by atoms with van der Waals surface area (Å²) in [5.41, 5.74) is 6.87. The molecule has 0 saturated heterocycles. The summed E-state index contributed by atoms with van der Waals surface area (Å²) >= 11 is 0. The summed E-state index contributed by atoms with van der Waals surface area (Å²) in [5.74, 6) is -1.48. The molecule has 0 radical (unpaired) electrons. The van der Waals surface area contributed by atoms with Crippen molar-refractivity contribution in [2.45, 2.75) is 18.7 Å². The average molecular weight is 309 g/mol. The Hall–Kier alpha value is -2.50. The second kappa shape index (κ2) is 6.51. The second-order valence-electron chi connectivity index (χ2n) is 4.76. The zero-order chi connectivity index (χ0) is 16.2. The van der Waals surface area contributed by atoms with Gasteiger partial charge in [0, 0.05) is 0 Å². The number of nitrogens with two attached hydrogens (primary N) is 1. The predicted molar refractivity (Wildman–Crippen MR) is 75.2 cm³/mol. The highest BCUT2D eigenvalue weighted by Gasteiger charge is 2.31. The smallest absolute Gasteiger partial charge is 0.406 e. The van der Waals surface area contributed by atoms with E-state index in [1.807, 2.05) is 30.3 Å². The van der Waals surface area contributed by atoms with Gasteiger partial charge in [0.25, 0.3) is 0 Å². The average Bonchev–Trinajstić information content (AvgIpc) is 2.45. The Labute approximate surface area is 125 Å². The molecule has 1 amide bonds. The van der Waals surface area contributed by atoms with Crippen LogP contribution in [0.4, 0.5) is 13.2 Å². The molecule has 1 atom stereocenters. The number of carbonyl (C=O) groups excluding carboxylic acids is 1. The molecule has 116 valence electrons. The maximum Gasteiger partial charge on any atom is 0.573 e. The van der Waals surface area contributed by atoms with E-state index in [2.05, 4.69) is 4.74 Å². The number of halogens is 3. The lowest BCUT2D eigenvalue weighted by Gasteiger charge is -2.15. The quantitative estimate of drug-likeness (QED) is 0.920. The van der Waals surface area contributed by atoms with Crippen LogP contribution in [0.2, 0.25) is 0 Å². The Kier molecular flexibility index (Phi) is 4.70. The Morgan fingerprint density at radius 2 is 1.64 bits per heavy atom. The van der Waals surface area contributed by atoms with E-state index in [-0.39, 0.29) is 5.75 Å². The molecule has 0 bridgehead atoms. The van der Waals surface area contributed by atoms with Crippen LogP contribution >= 0.6 is 0 Å². The van der Waals surface area contributed by atoms with E-state index in [0.29, 0.717) is 12.0 Å². The van der Waals surface area contributed by atoms with Crippen molar-refractivity contribution >= 4 is 5.91 Å². The monoisotopic (exact) mass is 309 g/mol. The zero-order valence-corrected chi connectivity index (χ0v) is 11.5. The van der Waals surface area contributed by atoms with Gasteiger partial charge in [0.2, 0.25) is 5.91 Å². The number of hydrogen-bond acceptors (Lipinski definition) is 2. The van der Waals surface area contributed by atoms with Gasteiger partial charge in [-0.25, -0.2) is 0 Å². The van der Waals surface area contributed by atoms with Gasteiger partial charge in [0.05, 0.1) is 5.92 Å². The van der Waals surface area contributed by atoms with Gasteiger partial charge in [0.1, 0.15) is 5.75 Å². The van der Waals surface area contributed by atoms with Crippen LogP contribution in [0.5, 0.6) is 5.75 Å². The maximum atomic E-state index is 12.1. The minimum absolute atomic E-state index is 0.334. The standard InChI is InChI=1S/C16H14F3NO2/c17-16(18,19)22-13-8-6-12(7-9-13)14(15(20)21)10-11-4-2-1-3-5-11/h1-9,14H,10H2,(H2,20,21). The Morgan fingerprint density at radius 1 is 1.05 bits per heavy atom. The molecule has 0 aliphatic rings. The van der Waals surface area contributed by atoms with Crippen molar-refractivity contribution in [3.63, 3.8) is 0 Å². The SMILES string of the molecule is NC(=O)C(Cc1ccccc1)c1ccc(OC(F)(F)F)cc1. The molecule has 0 aromatic heterocycles. The molecule has 6 heteroatoms. The number of primary amides is 1. The molecule has 22 heavy (non-hydrogen) atoms. The van der Waals surface area contributed by atoms with Crippen molar-refractivity contribution in [3.8, 4) is 5.75 Å². The lowest BCUT2D eigenvalue weighted by molar-refractivity contribution is -0.274. The third-order valence-electron chi connectivity index (χ3n) is 3.14. The molecule has 2 aromatic rings. The summed E-state index contributed by atoms with van der Waals surface area (Å²) in [6.45, 7) is 0. The van der Waals surface area contributed by atoms with Crippen molar-refractivity contribution in [1.29, 1.82) is 0 Å². The fourth-order valence-corrected chi connectivity index (χ4v) is 2.13. The highest BCUT2D eigenvalue weighted by atomic mass is 19.4. The molecule has 2 aromatic carbocycles. The van der Waals surface area contributed by atoms with Crippen molar-refractivity contribution in [1.82, 2.24) is 0 Å². The van der Waals surface area contributed by atoms with Crippen molar-refractivity contribution in [2.24, 2.45) is 5.73 Å². The van der Waals surface area contributed by atoms with Crippen LogP contribution in [0.15, 0.2) is 54.6 Å². The van der Waals surface area contributed by atoms with Gasteiger partial charge < -0.3 is 10.5 Å². The summed E-state index contributed by atoms with van der Waals surface area (Å²) in [6.07, 6.45) is -4.36. The van der Waals surface area contributed by atoms with E-state index in [1.54, 1.807) is 0 Å². The first-order valence-corrected chi connectivity index (χ1v) is 6.54. The third-order valence-corrected chi connectivity index (χ3v) is 3.14. The molecule has 0 aliphatic carbocycles.